The molecule has 19 heavy (non-hydrogen) atoms. The predicted molar refractivity (Wildman–Crippen MR) is 73.9 cm³/mol. The minimum absolute atomic E-state index is 0.136. The molecular weight excluding hydrogens is 269 g/mol. The second-order valence-corrected chi connectivity index (χ2v) is 5.17. The van der Waals surface area contributed by atoms with Crippen molar-refractivity contribution in [2.75, 3.05) is 31.5 Å². The van der Waals surface area contributed by atoms with Crippen LogP contribution in [0.15, 0.2) is 18.2 Å². The molecule has 0 spiro atoms. The average Bonchev–Trinajstić information content (AvgIpc) is 2.33. The molecule has 0 radical (unpaired) electrons. The van der Waals surface area contributed by atoms with Gasteiger partial charge in [-0.1, -0.05) is 11.6 Å². The van der Waals surface area contributed by atoms with E-state index in [1.165, 1.54) is 18.2 Å². The lowest BCUT2D eigenvalue weighted by Crippen LogP contribution is -2.51. The number of anilines is 1. The highest BCUT2D eigenvalue weighted by Gasteiger charge is 2.18. The van der Waals surface area contributed by atoms with Crippen LogP contribution in [0.25, 0.3) is 0 Å². The van der Waals surface area contributed by atoms with Crippen LogP contribution in [0.1, 0.15) is 6.92 Å². The first-order chi connectivity index (χ1) is 9.04. The van der Waals surface area contributed by atoms with Gasteiger partial charge < -0.3 is 10.6 Å². The number of nitrogens with one attached hydrogen (secondary N) is 2. The Morgan fingerprint density at radius 1 is 1.63 bits per heavy atom. The van der Waals surface area contributed by atoms with E-state index < -0.39 is 5.82 Å². The van der Waals surface area contributed by atoms with Crippen LogP contribution in [-0.2, 0) is 4.79 Å². The summed E-state index contributed by atoms with van der Waals surface area (Å²) in [7, 11) is 0. The second-order valence-electron chi connectivity index (χ2n) is 4.76. The van der Waals surface area contributed by atoms with Gasteiger partial charge in [0, 0.05) is 25.7 Å². The number of amides is 1. The molecule has 0 unspecified atom stereocenters. The van der Waals surface area contributed by atoms with Gasteiger partial charge in [0.05, 0.1) is 17.3 Å². The number of nitrogens with zero attached hydrogens (tertiary/aromatic N) is 1. The largest absolute Gasteiger partial charge is 0.324 e. The van der Waals surface area contributed by atoms with E-state index in [1.54, 1.807) is 0 Å². The molecule has 4 nitrogen and oxygen atoms in total. The SMILES string of the molecule is C[C@@H]1CN(CC(=O)Nc2ccc(F)cc2Cl)CCN1. The van der Waals surface area contributed by atoms with Crippen molar-refractivity contribution in [1.82, 2.24) is 10.2 Å². The van der Waals surface area contributed by atoms with E-state index in [1.807, 2.05) is 0 Å². The normalized spacial score (nSPS) is 20.3. The number of carbonyl (C=O) groups excluding carboxylic acids is 1. The number of hydrogen-bond acceptors (Lipinski definition) is 3. The standard InChI is InChI=1S/C13H17ClFN3O/c1-9-7-18(5-4-16-9)8-13(19)17-12-3-2-10(15)6-11(12)14/h2-3,6,9,16H,4-5,7-8H2,1H3,(H,17,19)/t9-/m1/s1. The quantitative estimate of drug-likeness (QED) is 0.889. The van der Waals surface area contributed by atoms with Gasteiger partial charge in [0.2, 0.25) is 5.91 Å². The van der Waals surface area contributed by atoms with E-state index in [9.17, 15) is 9.18 Å². The van der Waals surface area contributed by atoms with Crippen LogP contribution in [0.2, 0.25) is 5.02 Å². The lowest BCUT2D eigenvalue weighted by atomic mass is 10.2. The van der Waals surface area contributed by atoms with Gasteiger partial charge >= 0.3 is 0 Å². The molecule has 1 heterocycles. The topological polar surface area (TPSA) is 44.4 Å². The van der Waals surface area contributed by atoms with E-state index in [4.69, 9.17) is 11.6 Å². The molecule has 2 N–H and O–H groups in total. The maximum atomic E-state index is 12.9. The summed E-state index contributed by atoms with van der Waals surface area (Å²) in [5.41, 5.74) is 0.441. The summed E-state index contributed by atoms with van der Waals surface area (Å²) in [5, 5.41) is 6.22. The molecular formula is C13H17ClFN3O. The van der Waals surface area contributed by atoms with Crippen molar-refractivity contribution in [3.05, 3.63) is 29.0 Å². The Morgan fingerprint density at radius 2 is 2.42 bits per heavy atom. The highest BCUT2D eigenvalue weighted by molar-refractivity contribution is 6.33. The fraction of sp³-hybridized carbons (Fsp3) is 0.462. The van der Waals surface area contributed by atoms with Gasteiger partial charge in [0.25, 0.3) is 0 Å². The molecule has 1 atom stereocenters. The first-order valence-corrected chi connectivity index (χ1v) is 6.63. The summed E-state index contributed by atoms with van der Waals surface area (Å²) in [6, 6.07) is 4.31. The maximum absolute atomic E-state index is 12.9. The van der Waals surface area contributed by atoms with Crippen LogP contribution in [0.4, 0.5) is 10.1 Å². The summed E-state index contributed by atoms with van der Waals surface area (Å²) in [5.74, 6) is -0.554. The molecule has 2 rings (SSSR count). The molecule has 1 aliphatic rings. The fourth-order valence-corrected chi connectivity index (χ4v) is 2.35. The van der Waals surface area contributed by atoms with Crippen molar-refractivity contribution in [3.8, 4) is 0 Å². The monoisotopic (exact) mass is 285 g/mol. The Labute approximate surface area is 116 Å². The molecule has 0 aliphatic carbocycles. The zero-order valence-electron chi connectivity index (χ0n) is 10.7. The number of piperazine rings is 1. The molecule has 1 aromatic rings. The van der Waals surface area contributed by atoms with Crippen molar-refractivity contribution in [1.29, 1.82) is 0 Å². The summed E-state index contributed by atoms with van der Waals surface area (Å²) in [4.78, 5) is 14.0. The summed E-state index contributed by atoms with van der Waals surface area (Å²) >= 11 is 5.86. The van der Waals surface area contributed by atoms with Gasteiger partial charge in [-0.2, -0.15) is 0 Å². The van der Waals surface area contributed by atoms with Crippen LogP contribution in [0.5, 0.6) is 0 Å². The maximum Gasteiger partial charge on any atom is 0.238 e. The third-order valence-corrected chi connectivity index (χ3v) is 3.34. The number of halogens is 2. The summed E-state index contributed by atoms with van der Waals surface area (Å²) in [6.45, 7) is 4.96. The van der Waals surface area contributed by atoms with Gasteiger partial charge in [0.1, 0.15) is 5.82 Å². The van der Waals surface area contributed by atoms with Crippen LogP contribution < -0.4 is 10.6 Å². The van der Waals surface area contributed by atoms with E-state index in [0.29, 0.717) is 18.3 Å². The van der Waals surface area contributed by atoms with Crippen molar-refractivity contribution in [2.45, 2.75) is 13.0 Å². The zero-order chi connectivity index (χ0) is 13.8. The van der Waals surface area contributed by atoms with Crippen molar-refractivity contribution >= 4 is 23.2 Å². The molecule has 1 aromatic carbocycles. The van der Waals surface area contributed by atoms with Crippen molar-refractivity contribution < 1.29 is 9.18 Å². The molecule has 104 valence electrons. The highest BCUT2D eigenvalue weighted by Crippen LogP contribution is 2.22. The highest BCUT2D eigenvalue weighted by atomic mass is 35.5. The molecule has 0 bridgehead atoms. The van der Waals surface area contributed by atoms with Crippen molar-refractivity contribution in [2.24, 2.45) is 0 Å². The lowest BCUT2D eigenvalue weighted by Gasteiger charge is -2.31. The van der Waals surface area contributed by atoms with Gasteiger partial charge in [-0.3, -0.25) is 9.69 Å². The van der Waals surface area contributed by atoms with E-state index >= 15 is 0 Å². The van der Waals surface area contributed by atoms with Crippen LogP contribution in [0, 0.1) is 5.82 Å². The lowest BCUT2D eigenvalue weighted by molar-refractivity contribution is -0.117. The fourth-order valence-electron chi connectivity index (χ4n) is 2.14. The first kappa shape index (κ1) is 14.2. The van der Waals surface area contributed by atoms with Crippen molar-refractivity contribution in [3.63, 3.8) is 0 Å². The van der Waals surface area contributed by atoms with Crippen LogP contribution in [0.3, 0.4) is 0 Å². The number of rotatable bonds is 3. The van der Waals surface area contributed by atoms with Gasteiger partial charge in [-0.05, 0) is 25.1 Å². The molecule has 1 aliphatic heterocycles. The van der Waals surface area contributed by atoms with Gasteiger partial charge in [0.15, 0.2) is 0 Å². The molecule has 1 saturated heterocycles. The Hall–Kier alpha value is -1.17. The number of benzene rings is 1. The first-order valence-electron chi connectivity index (χ1n) is 6.25. The zero-order valence-corrected chi connectivity index (χ0v) is 11.5. The molecule has 6 heteroatoms. The molecule has 1 amide bonds. The minimum Gasteiger partial charge on any atom is -0.324 e. The summed E-state index contributed by atoms with van der Waals surface area (Å²) < 4.78 is 12.9. The number of carbonyl (C=O) groups is 1. The van der Waals surface area contributed by atoms with Gasteiger partial charge in [-0.25, -0.2) is 4.39 Å². The second kappa shape index (κ2) is 6.32. The minimum atomic E-state index is -0.418. The van der Waals surface area contributed by atoms with E-state index in [2.05, 4.69) is 22.5 Å². The smallest absolute Gasteiger partial charge is 0.238 e. The Balaban J connectivity index is 1.90. The van der Waals surface area contributed by atoms with Gasteiger partial charge in [-0.15, -0.1) is 0 Å². The molecule has 0 aromatic heterocycles. The summed E-state index contributed by atoms with van der Waals surface area (Å²) in [6.07, 6.45) is 0. The Bertz CT molecular complexity index is 469. The van der Waals surface area contributed by atoms with Crippen LogP contribution in [-0.4, -0.2) is 43.0 Å². The third kappa shape index (κ3) is 4.16. The Morgan fingerprint density at radius 3 is 3.11 bits per heavy atom. The van der Waals surface area contributed by atoms with E-state index in [-0.39, 0.29) is 10.9 Å². The number of hydrogen-bond donors (Lipinski definition) is 2. The molecule has 1 fully saturated rings. The molecule has 0 saturated carbocycles. The predicted octanol–water partition coefficient (Wildman–Crippen LogP) is 1.71. The Kier molecular flexibility index (Phi) is 4.74. The van der Waals surface area contributed by atoms with Crippen LogP contribution >= 0.6 is 11.6 Å². The average molecular weight is 286 g/mol. The third-order valence-electron chi connectivity index (χ3n) is 3.03. The van der Waals surface area contributed by atoms with E-state index in [0.717, 1.165) is 19.6 Å².